The maximum absolute atomic E-state index is 4.36. The number of hydrogen-bond donors (Lipinski definition) is 0. The number of thioether (sulfide) groups is 1. The van der Waals surface area contributed by atoms with E-state index in [1.165, 1.54) is 63.1 Å². The van der Waals surface area contributed by atoms with E-state index in [2.05, 4.69) is 114 Å². The van der Waals surface area contributed by atoms with Gasteiger partial charge in [0.2, 0.25) is 0 Å². The van der Waals surface area contributed by atoms with E-state index in [4.69, 9.17) is 0 Å². The van der Waals surface area contributed by atoms with Crippen molar-refractivity contribution in [1.82, 2.24) is 0 Å². The molecule has 178 valence electrons. The SMILES string of the molecule is C=C(C)CCCCCSC(=C)c1ccc(C(C)(Cc2ccccc2)c2cc(C)cc(C)c2)cc1. The minimum Gasteiger partial charge on any atom is -0.126 e. The predicted octanol–water partition coefficient (Wildman–Crippen LogP) is 9.69. The molecule has 3 aromatic carbocycles. The molecule has 0 bridgehead atoms. The van der Waals surface area contributed by atoms with Crippen molar-refractivity contribution >= 4 is 16.7 Å². The number of unbranched alkanes of at least 4 members (excludes halogenated alkanes) is 2. The fourth-order valence-corrected chi connectivity index (χ4v) is 5.57. The van der Waals surface area contributed by atoms with Crippen LogP contribution in [0.25, 0.3) is 4.91 Å². The summed E-state index contributed by atoms with van der Waals surface area (Å²) in [6.45, 7) is 17.3. The van der Waals surface area contributed by atoms with Crippen LogP contribution in [-0.4, -0.2) is 5.75 Å². The summed E-state index contributed by atoms with van der Waals surface area (Å²) >= 11 is 1.89. The van der Waals surface area contributed by atoms with Crippen molar-refractivity contribution in [2.24, 2.45) is 0 Å². The normalized spacial score (nSPS) is 12.8. The lowest BCUT2D eigenvalue weighted by Crippen LogP contribution is -2.27. The quantitative estimate of drug-likeness (QED) is 0.188. The van der Waals surface area contributed by atoms with Crippen LogP contribution < -0.4 is 0 Å². The molecule has 0 fully saturated rings. The Kier molecular flexibility index (Phi) is 9.42. The third-order valence-corrected chi connectivity index (χ3v) is 7.70. The highest BCUT2D eigenvalue weighted by molar-refractivity contribution is 8.08. The van der Waals surface area contributed by atoms with Crippen molar-refractivity contribution in [3.8, 4) is 0 Å². The Morgan fingerprint density at radius 2 is 1.44 bits per heavy atom. The largest absolute Gasteiger partial charge is 0.126 e. The van der Waals surface area contributed by atoms with Gasteiger partial charge in [0.1, 0.15) is 0 Å². The van der Waals surface area contributed by atoms with Crippen LogP contribution in [-0.2, 0) is 11.8 Å². The number of aryl methyl sites for hydroxylation is 2. The lowest BCUT2D eigenvalue weighted by molar-refractivity contribution is 0.566. The molecule has 1 atom stereocenters. The number of rotatable bonds is 12. The van der Waals surface area contributed by atoms with Crippen molar-refractivity contribution in [3.05, 3.63) is 125 Å². The summed E-state index contributed by atoms with van der Waals surface area (Å²) in [4.78, 5) is 1.17. The van der Waals surface area contributed by atoms with Gasteiger partial charge in [0, 0.05) is 10.3 Å². The van der Waals surface area contributed by atoms with Crippen LogP contribution in [0.2, 0.25) is 0 Å². The third-order valence-electron chi connectivity index (χ3n) is 6.63. The van der Waals surface area contributed by atoms with Gasteiger partial charge in [-0.2, -0.15) is 0 Å². The summed E-state index contributed by atoms with van der Waals surface area (Å²) in [5.74, 6) is 1.13. The highest BCUT2D eigenvalue weighted by atomic mass is 32.2. The van der Waals surface area contributed by atoms with Crippen molar-refractivity contribution < 1.29 is 0 Å². The van der Waals surface area contributed by atoms with Crippen LogP contribution in [0.4, 0.5) is 0 Å². The fraction of sp³-hybridized carbons (Fsp3) is 0.333. The molecule has 0 heterocycles. The molecule has 1 heteroatoms. The lowest BCUT2D eigenvalue weighted by Gasteiger charge is -2.32. The van der Waals surface area contributed by atoms with E-state index in [9.17, 15) is 0 Å². The fourth-order valence-electron chi connectivity index (χ4n) is 4.68. The number of benzene rings is 3. The Balaban J connectivity index is 1.77. The average molecular weight is 469 g/mol. The second-order valence-corrected chi connectivity index (χ2v) is 11.2. The van der Waals surface area contributed by atoms with Crippen LogP contribution in [0.1, 0.15) is 72.9 Å². The maximum Gasteiger partial charge on any atom is 0.0215 e. The molecule has 3 rings (SSSR count). The van der Waals surface area contributed by atoms with Crippen molar-refractivity contribution in [2.75, 3.05) is 5.75 Å². The molecule has 3 aromatic rings. The second kappa shape index (κ2) is 12.3. The van der Waals surface area contributed by atoms with Crippen LogP contribution in [0.5, 0.6) is 0 Å². The van der Waals surface area contributed by atoms with E-state index < -0.39 is 0 Å². The van der Waals surface area contributed by atoms with Crippen LogP contribution in [0.15, 0.2) is 91.5 Å². The first-order valence-electron chi connectivity index (χ1n) is 12.5. The zero-order valence-corrected chi connectivity index (χ0v) is 22.3. The smallest absolute Gasteiger partial charge is 0.0215 e. The maximum atomic E-state index is 4.36. The summed E-state index contributed by atoms with van der Waals surface area (Å²) in [5, 5.41) is 0. The van der Waals surface area contributed by atoms with Gasteiger partial charge in [-0.05, 0) is 74.5 Å². The molecule has 34 heavy (non-hydrogen) atoms. The Hall–Kier alpha value is -2.51. The molecule has 0 nitrogen and oxygen atoms in total. The van der Waals surface area contributed by atoms with E-state index in [0.29, 0.717) is 0 Å². The average Bonchev–Trinajstić information content (AvgIpc) is 2.81. The first kappa shape index (κ1) is 26.1. The molecule has 0 radical (unpaired) electrons. The van der Waals surface area contributed by atoms with Gasteiger partial charge in [0.15, 0.2) is 0 Å². The molecular weight excluding hydrogens is 428 g/mol. The van der Waals surface area contributed by atoms with E-state index in [1.807, 2.05) is 11.8 Å². The first-order chi connectivity index (χ1) is 16.3. The summed E-state index contributed by atoms with van der Waals surface area (Å²) in [5.41, 5.74) is 9.15. The molecule has 0 amide bonds. The molecule has 0 saturated heterocycles. The predicted molar refractivity (Wildman–Crippen MR) is 154 cm³/mol. The van der Waals surface area contributed by atoms with E-state index >= 15 is 0 Å². The topological polar surface area (TPSA) is 0 Å². The minimum absolute atomic E-state index is 0.103. The lowest BCUT2D eigenvalue weighted by atomic mass is 9.71. The first-order valence-corrected chi connectivity index (χ1v) is 13.5. The van der Waals surface area contributed by atoms with Gasteiger partial charge in [-0.25, -0.2) is 0 Å². The van der Waals surface area contributed by atoms with Crippen molar-refractivity contribution in [3.63, 3.8) is 0 Å². The standard InChI is InChI=1S/C33H40S/c1-25(2)13-9-8-12-20-34-28(5)30-16-18-31(19-17-30)33(6,24-29-14-10-7-11-15-29)32-22-26(3)21-27(4)23-32/h7,10-11,14-19,21-23H,1,5,8-9,12-13,20,24H2,2-4,6H3. The summed E-state index contributed by atoms with van der Waals surface area (Å²) < 4.78 is 0. The number of hydrogen-bond acceptors (Lipinski definition) is 1. The van der Waals surface area contributed by atoms with Gasteiger partial charge < -0.3 is 0 Å². The van der Waals surface area contributed by atoms with Gasteiger partial charge in [-0.1, -0.05) is 109 Å². The number of allylic oxidation sites excluding steroid dienone is 1. The van der Waals surface area contributed by atoms with Crippen molar-refractivity contribution in [2.45, 2.75) is 65.2 Å². The van der Waals surface area contributed by atoms with Gasteiger partial charge in [-0.15, -0.1) is 18.3 Å². The van der Waals surface area contributed by atoms with Crippen LogP contribution in [0, 0.1) is 13.8 Å². The third kappa shape index (κ3) is 7.24. The minimum atomic E-state index is -0.103. The monoisotopic (exact) mass is 468 g/mol. The molecule has 1 unspecified atom stereocenters. The molecule has 0 aliphatic rings. The molecule has 0 saturated carbocycles. The highest BCUT2D eigenvalue weighted by Crippen LogP contribution is 2.38. The van der Waals surface area contributed by atoms with Crippen LogP contribution >= 0.6 is 11.8 Å². The van der Waals surface area contributed by atoms with E-state index in [0.717, 1.165) is 18.6 Å². The summed E-state index contributed by atoms with van der Waals surface area (Å²) in [6, 6.07) is 27.0. The molecule has 0 aromatic heterocycles. The summed E-state index contributed by atoms with van der Waals surface area (Å²) in [6.07, 6.45) is 5.86. The van der Waals surface area contributed by atoms with Gasteiger partial charge in [0.25, 0.3) is 0 Å². The Morgan fingerprint density at radius 1 is 0.794 bits per heavy atom. The second-order valence-electron chi connectivity index (χ2n) is 9.99. The van der Waals surface area contributed by atoms with Gasteiger partial charge >= 0.3 is 0 Å². The van der Waals surface area contributed by atoms with Gasteiger partial charge in [-0.3, -0.25) is 0 Å². The Morgan fingerprint density at radius 3 is 2.06 bits per heavy atom. The molecule has 0 N–H and O–H groups in total. The molecule has 0 aliphatic carbocycles. The van der Waals surface area contributed by atoms with E-state index in [-0.39, 0.29) is 5.41 Å². The molecular formula is C33H40S. The van der Waals surface area contributed by atoms with E-state index in [1.54, 1.807) is 0 Å². The summed E-state index contributed by atoms with van der Waals surface area (Å²) in [7, 11) is 0. The Bertz CT molecular complexity index is 1070. The molecule has 0 aliphatic heterocycles. The zero-order chi connectivity index (χ0) is 24.6. The van der Waals surface area contributed by atoms with Crippen molar-refractivity contribution in [1.29, 1.82) is 0 Å². The zero-order valence-electron chi connectivity index (χ0n) is 21.5. The van der Waals surface area contributed by atoms with Gasteiger partial charge in [0.05, 0.1) is 0 Å². The highest BCUT2D eigenvalue weighted by Gasteiger charge is 2.30. The van der Waals surface area contributed by atoms with Crippen LogP contribution in [0.3, 0.4) is 0 Å². The molecule has 0 spiro atoms. The Labute approximate surface area is 212 Å².